The Morgan fingerprint density at radius 1 is 1.06 bits per heavy atom. The van der Waals surface area contributed by atoms with E-state index in [1.54, 1.807) is 47.4 Å². The number of esters is 1. The van der Waals surface area contributed by atoms with Crippen LogP contribution in [0.25, 0.3) is 0 Å². The molecule has 0 atom stereocenters. The van der Waals surface area contributed by atoms with Crippen molar-refractivity contribution >= 4 is 40.9 Å². The van der Waals surface area contributed by atoms with Gasteiger partial charge in [-0.3, -0.25) is 9.48 Å². The molecule has 9 heteroatoms. The molecule has 0 unspecified atom stereocenters. The summed E-state index contributed by atoms with van der Waals surface area (Å²) in [7, 11) is 0. The molecule has 0 fully saturated rings. The predicted molar refractivity (Wildman–Crippen MR) is 121 cm³/mol. The molecule has 4 rings (SSSR count). The number of benzene rings is 2. The number of nitrogens with one attached hydrogen (secondary N) is 1. The maximum Gasteiger partial charge on any atom is 0.374 e. The second-order valence-corrected chi connectivity index (χ2v) is 8.20. The van der Waals surface area contributed by atoms with Gasteiger partial charge in [0.05, 0.1) is 12.2 Å². The lowest BCUT2D eigenvalue weighted by atomic mass is 10.3. The van der Waals surface area contributed by atoms with Gasteiger partial charge in [0.2, 0.25) is 5.76 Å². The van der Waals surface area contributed by atoms with Crippen molar-refractivity contribution in [3.8, 4) is 0 Å². The van der Waals surface area contributed by atoms with E-state index < -0.39 is 18.5 Å². The molecule has 2 heterocycles. The summed E-state index contributed by atoms with van der Waals surface area (Å²) in [4.78, 5) is 26.4. The van der Waals surface area contributed by atoms with Crippen molar-refractivity contribution in [2.75, 3.05) is 11.9 Å². The first-order valence-corrected chi connectivity index (χ1v) is 10.8. The number of hydrogen-bond donors (Lipinski definition) is 1. The number of ether oxygens (including phenoxy) is 1. The van der Waals surface area contributed by atoms with Crippen LogP contribution in [0.15, 0.2) is 93.3 Å². The lowest BCUT2D eigenvalue weighted by Crippen LogP contribution is -2.21. The zero-order valence-electron chi connectivity index (χ0n) is 16.7. The van der Waals surface area contributed by atoms with Gasteiger partial charge in [0.1, 0.15) is 5.76 Å². The third kappa shape index (κ3) is 5.81. The molecule has 32 heavy (non-hydrogen) atoms. The average molecular weight is 468 g/mol. The molecule has 0 aliphatic carbocycles. The first kappa shape index (κ1) is 21.7. The van der Waals surface area contributed by atoms with E-state index in [1.165, 1.54) is 17.8 Å². The summed E-state index contributed by atoms with van der Waals surface area (Å²) in [5.74, 6) is -0.585. The Kier molecular flexibility index (Phi) is 6.94. The number of carbonyl (C=O) groups excluding carboxylic acids is 2. The van der Waals surface area contributed by atoms with Crippen LogP contribution in [0.3, 0.4) is 0 Å². The molecule has 0 spiro atoms. The molecule has 2 aromatic heterocycles. The molecule has 0 aliphatic heterocycles. The topological polar surface area (TPSA) is 86.4 Å². The van der Waals surface area contributed by atoms with Crippen molar-refractivity contribution < 1.29 is 18.7 Å². The number of para-hydroxylation sites is 1. The van der Waals surface area contributed by atoms with Gasteiger partial charge in [-0.15, -0.1) is 0 Å². The van der Waals surface area contributed by atoms with Gasteiger partial charge < -0.3 is 14.5 Å². The highest BCUT2D eigenvalue weighted by molar-refractivity contribution is 7.99. The number of furan rings is 1. The van der Waals surface area contributed by atoms with Gasteiger partial charge in [0.25, 0.3) is 5.91 Å². The minimum absolute atomic E-state index is 0.0265. The van der Waals surface area contributed by atoms with Gasteiger partial charge >= 0.3 is 5.97 Å². The lowest BCUT2D eigenvalue weighted by molar-refractivity contribution is -0.119. The molecule has 162 valence electrons. The summed E-state index contributed by atoms with van der Waals surface area (Å²) in [5, 5.41) is 7.52. The van der Waals surface area contributed by atoms with Crippen molar-refractivity contribution in [1.29, 1.82) is 0 Å². The SMILES string of the molecule is O=C(COC(=O)c1ccc(Cn2cccn2)o1)Nc1ccccc1Sc1ccc(Cl)cc1. The van der Waals surface area contributed by atoms with Crippen LogP contribution in [0.2, 0.25) is 5.02 Å². The molecule has 0 saturated carbocycles. The van der Waals surface area contributed by atoms with E-state index in [2.05, 4.69) is 10.4 Å². The fourth-order valence-electron chi connectivity index (χ4n) is 2.80. The van der Waals surface area contributed by atoms with E-state index in [4.69, 9.17) is 20.8 Å². The number of carbonyl (C=O) groups is 2. The first-order valence-electron chi connectivity index (χ1n) is 9.62. The summed E-state index contributed by atoms with van der Waals surface area (Å²) in [6.45, 7) is -0.0448. The van der Waals surface area contributed by atoms with Crippen molar-refractivity contribution in [2.45, 2.75) is 16.3 Å². The predicted octanol–water partition coefficient (Wildman–Crippen LogP) is 5.12. The number of nitrogens with zero attached hydrogens (tertiary/aromatic N) is 2. The van der Waals surface area contributed by atoms with Gasteiger partial charge in [0.15, 0.2) is 6.61 Å². The summed E-state index contributed by atoms with van der Waals surface area (Å²) < 4.78 is 12.2. The second-order valence-electron chi connectivity index (χ2n) is 6.65. The third-order valence-corrected chi connectivity index (χ3v) is 5.61. The Morgan fingerprint density at radius 3 is 2.66 bits per heavy atom. The Balaban J connectivity index is 1.32. The van der Waals surface area contributed by atoms with E-state index in [0.29, 0.717) is 23.0 Å². The number of halogens is 1. The van der Waals surface area contributed by atoms with E-state index in [1.807, 2.05) is 30.3 Å². The highest BCUT2D eigenvalue weighted by Crippen LogP contribution is 2.33. The Bertz CT molecular complexity index is 1210. The Hall–Kier alpha value is -3.49. The summed E-state index contributed by atoms with van der Waals surface area (Å²) >= 11 is 7.42. The van der Waals surface area contributed by atoms with E-state index in [9.17, 15) is 9.59 Å². The lowest BCUT2D eigenvalue weighted by Gasteiger charge is -2.11. The number of rotatable bonds is 8. The van der Waals surface area contributed by atoms with E-state index in [0.717, 1.165) is 9.79 Å². The van der Waals surface area contributed by atoms with Gasteiger partial charge in [0, 0.05) is 27.2 Å². The molecule has 2 aromatic carbocycles. The molecule has 0 aliphatic rings. The first-order chi connectivity index (χ1) is 15.6. The minimum atomic E-state index is -0.712. The fraction of sp³-hybridized carbons (Fsp3) is 0.0870. The van der Waals surface area contributed by atoms with Gasteiger partial charge in [-0.2, -0.15) is 5.10 Å². The van der Waals surface area contributed by atoms with E-state index in [-0.39, 0.29) is 5.76 Å². The van der Waals surface area contributed by atoms with Crippen LogP contribution in [-0.2, 0) is 16.1 Å². The number of amides is 1. The number of aromatic nitrogens is 2. The average Bonchev–Trinajstić information content (AvgIpc) is 3.48. The smallest absolute Gasteiger partial charge is 0.374 e. The van der Waals surface area contributed by atoms with Crippen LogP contribution in [0.5, 0.6) is 0 Å². The van der Waals surface area contributed by atoms with Crippen LogP contribution < -0.4 is 5.32 Å². The Labute approximate surface area is 193 Å². The van der Waals surface area contributed by atoms with Gasteiger partial charge in [-0.05, 0) is 54.6 Å². The molecule has 0 saturated heterocycles. The van der Waals surface area contributed by atoms with Crippen LogP contribution in [0.4, 0.5) is 5.69 Å². The maximum absolute atomic E-state index is 12.4. The molecule has 4 aromatic rings. The van der Waals surface area contributed by atoms with Crippen molar-refractivity contribution in [2.24, 2.45) is 0 Å². The van der Waals surface area contributed by atoms with E-state index >= 15 is 0 Å². The van der Waals surface area contributed by atoms with Crippen LogP contribution >= 0.6 is 23.4 Å². The van der Waals surface area contributed by atoms with Crippen LogP contribution in [0, 0.1) is 0 Å². The molecule has 0 bridgehead atoms. The summed E-state index contributed by atoms with van der Waals surface area (Å²) in [6, 6.07) is 19.8. The standard InChI is InChI=1S/C23H18ClN3O4S/c24-16-6-9-18(10-7-16)32-21-5-2-1-4-19(21)26-22(28)15-30-23(29)20-11-8-17(31-20)14-27-13-3-12-25-27/h1-13H,14-15H2,(H,26,28). The molecule has 1 N–H and O–H groups in total. The number of anilines is 1. The zero-order valence-corrected chi connectivity index (χ0v) is 18.3. The fourth-order valence-corrected chi connectivity index (χ4v) is 3.83. The highest BCUT2D eigenvalue weighted by Gasteiger charge is 2.16. The quantitative estimate of drug-likeness (QED) is 0.362. The third-order valence-electron chi connectivity index (χ3n) is 4.28. The van der Waals surface area contributed by atoms with Crippen LogP contribution in [0.1, 0.15) is 16.3 Å². The van der Waals surface area contributed by atoms with Crippen molar-refractivity contribution in [1.82, 2.24) is 9.78 Å². The normalized spacial score (nSPS) is 10.7. The summed E-state index contributed by atoms with van der Waals surface area (Å²) in [5.41, 5.74) is 0.619. The van der Waals surface area contributed by atoms with Gasteiger partial charge in [-0.1, -0.05) is 35.5 Å². The summed E-state index contributed by atoms with van der Waals surface area (Å²) in [6.07, 6.45) is 3.44. The maximum atomic E-state index is 12.4. The van der Waals surface area contributed by atoms with Gasteiger partial charge in [-0.25, -0.2) is 4.79 Å². The van der Waals surface area contributed by atoms with Crippen molar-refractivity contribution in [3.05, 3.63) is 95.7 Å². The highest BCUT2D eigenvalue weighted by atomic mass is 35.5. The largest absolute Gasteiger partial charge is 0.452 e. The molecule has 1 amide bonds. The monoisotopic (exact) mass is 467 g/mol. The zero-order chi connectivity index (χ0) is 22.3. The second kappa shape index (κ2) is 10.2. The molecular formula is C23H18ClN3O4S. The molecule has 0 radical (unpaired) electrons. The molecular weight excluding hydrogens is 450 g/mol. The van der Waals surface area contributed by atoms with Crippen molar-refractivity contribution in [3.63, 3.8) is 0 Å². The van der Waals surface area contributed by atoms with Crippen LogP contribution in [-0.4, -0.2) is 28.3 Å². The number of hydrogen-bond acceptors (Lipinski definition) is 6. The molecule has 7 nitrogen and oxygen atoms in total. The Morgan fingerprint density at radius 2 is 1.88 bits per heavy atom. The minimum Gasteiger partial charge on any atom is -0.452 e.